The van der Waals surface area contributed by atoms with Crippen molar-refractivity contribution in [1.82, 2.24) is 10.2 Å². The molecule has 106 valence electrons. The fourth-order valence-corrected chi connectivity index (χ4v) is 3.19. The molecule has 2 atom stereocenters. The topological polar surface area (TPSA) is 15.3 Å². The molecule has 0 spiro atoms. The predicted molar refractivity (Wildman–Crippen MR) is 80.6 cm³/mol. The number of rotatable bonds is 3. The van der Waals surface area contributed by atoms with Gasteiger partial charge in [-0.2, -0.15) is 0 Å². The summed E-state index contributed by atoms with van der Waals surface area (Å²) in [5.41, 5.74) is 1.15. The summed E-state index contributed by atoms with van der Waals surface area (Å²) in [6.07, 6.45) is 0. The van der Waals surface area contributed by atoms with Crippen LogP contribution >= 0.6 is 15.9 Å². The maximum atomic E-state index is 13.1. The number of halogens is 2. The first-order valence-electron chi connectivity index (χ1n) is 6.88. The highest BCUT2D eigenvalue weighted by Gasteiger charge is 2.28. The standard InChI is InChI=1S/C15H22BrFN2/c1-10(2)15-7-18-11(3)8-19(15)9-12-4-5-13(17)6-14(12)16/h4-6,10-11,15,18H,7-9H2,1-3H3. The summed E-state index contributed by atoms with van der Waals surface area (Å²) in [7, 11) is 0. The first-order valence-corrected chi connectivity index (χ1v) is 7.68. The molecule has 0 aromatic heterocycles. The summed E-state index contributed by atoms with van der Waals surface area (Å²) in [4.78, 5) is 2.50. The van der Waals surface area contributed by atoms with Crippen molar-refractivity contribution in [2.24, 2.45) is 5.92 Å². The second kappa shape index (κ2) is 6.33. The minimum absolute atomic E-state index is 0.190. The van der Waals surface area contributed by atoms with E-state index in [9.17, 15) is 4.39 Å². The van der Waals surface area contributed by atoms with Gasteiger partial charge >= 0.3 is 0 Å². The van der Waals surface area contributed by atoms with Crippen molar-refractivity contribution in [2.75, 3.05) is 13.1 Å². The second-order valence-electron chi connectivity index (χ2n) is 5.79. The molecular weight excluding hydrogens is 307 g/mol. The third kappa shape index (κ3) is 3.77. The van der Waals surface area contributed by atoms with Crippen molar-refractivity contribution in [2.45, 2.75) is 39.4 Å². The van der Waals surface area contributed by atoms with Crippen molar-refractivity contribution >= 4 is 15.9 Å². The maximum Gasteiger partial charge on any atom is 0.124 e. The second-order valence-corrected chi connectivity index (χ2v) is 6.64. The Labute approximate surface area is 123 Å². The van der Waals surface area contributed by atoms with Crippen molar-refractivity contribution in [3.63, 3.8) is 0 Å². The highest BCUT2D eigenvalue weighted by molar-refractivity contribution is 9.10. The summed E-state index contributed by atoms with van der Waals surface area (Å²) in [6.45, 7) is 9.66. The monoisotopic (exact) mass is 328 g/mol. The molecule has 1 fully saturated rings. The minimum atomic E-state index is -0.190. The van der Waals surface area contributed by atoms with Gasteiger partial charge in [-0.3, -0.25) is 4.90 Å². The highest BCUT2D eigenvalue weighted by Crippen LogP contribution is 2.23. The minimum Gasteiger partial charge on any atom is -0.311 e. The van der Waals surface area contributed by atoms with Crippen LogP contribution in [0.3, 0.4) is 0 Å². The van der Waals surface area contributed by atoms with E-state index in [-0.39, 0.29) is 5.82 Å². The van der Waals surface area contributed by atoms with Crippen molar-refractivity contribution in [1.29, 1.82) is 0 Å². The molecular formula is C15H22BrFN2. The van der Waals surface area contributed by atoms with E-state index in [0.717, 1.165) is 29.7 Å². The third-order valence-corrected chi connectivity index (χ3v) is 4.55. The quantitative estimate of drug-likeness (QED) is 0.914. The number of hydrogen-bond acceptors (Lipinski definition) is 2. The molecule has 1 N–H and O–H groups in total. The molecule has 2 nitrogen and oxygen atoms in total. The molecule has 2 unspecified atom stereocenters. The summed E-state index contributed by atoms with van der Waals surface area (Å²) in [6, 6.07) is 6.01. The summed E-state index contributed by atoms with van der Waals surface area (Å²) in [5, 5.41) is 3.54. The van der Waals surface area contributed by atoms with Gasteiger partial charge in [0.15, 0.2) is 0 Å². The van der Waals surface area contributed by atoms with Crippen LogP contribution in [0.15, 0.2) is 22.7 Å². The molecule has 1 saturated heterocycles. The zero-order valence-electron chi connectivity index (χ0n) is 11.8. The van der Waals surface area contributed by atoms with Crippen molar-refractivity contribution in [3.8, 4) is 0 Å². The van der Waals surface area contributed by atoms with Crippen LogP contribution < -0.4 is 5.32 Å². The molecule has 0 radical (unpaired) electrons. The zero-order chi connectivity index (χ0) is 14.0. The normalized spacial score (nSPS) is 24.9. The molecule has 2 rings (SSSR count). The number of nitrogens with zero attached hydrogens (tertiary/aromatic N) is 1. The van der Waals surface area contributed by atoms with E-state index in [1.54, 1.807) is 6.07 Å². The molecule has 0 bridgehead atoms. The summed E-state index contributed by atoms with van der Waals surface area (Å²) in [5.74, 6) is 0.420. The van der Waals surface area contributed by atoms with Crippen LogP contribution in [0, 0.1) is 11.7 Å². The van der Waals surface area contributed by atoms with Crippen LogP contribution in [0.2, 0.25) is 0 Å². The van der Waals surface area contributed by atoms with Crippen LogP contribution in [0.4, 0.5) is 4.39 Å². The Hall–Kier alpha value is -0.450. The third-order valence-electron chi connectivity index (χ3n) is 3.81. The Bertz CT molecular complexity index is 436. The number of piperazine rings is 1. The van der Waals surface area contributed by atoms with Crippen LogP contribution in [0.25, 0.3) is 0 Å². The first-order chi connectivity index (χ1) is 8.97. The van der Waals surface area contributed by atoms with E-state index in [0.29, 0.717) is 18.0 Å². The highest BCUT2D eigenvalue weighted by atomic mass is 79.9. The van der Waals surface area contributed by atoms with Crippen LogP contribution in [-0.4, -0.2) is 30.1 Å². The average molecular weight is 329 g/mol. The Kier molecular flexibility index (Phi) is 4.98. The maximum absolute atomic E-state index is 13.1. The fraction of sp³-hybridized carbons (Fsp3) is 0.600. The molecule has 1 aliphatic rings. The van der Waals surface area contributed by atoms with Gasteiger partial charge in [0, 0.05) is 36.2 Å². The zero-order valence-corrected chi connectivity index (χ0v) is 13.4. The van der Waals surface area contributed by atoms with E-state index < -0.39 is 0 Å². The largest absolute Gasteiger partial charge is 0.311 e. The molecule has 0 aliphatic carbocycles. The molecule has 0 saturated carbocycles. The van der Waals surface area contributed by atoms with Gasteiger partial charge in [0.2, 0.25) is 0 Å². The number of nitrogens with one attached hydrogen (secondary N) is 1. The lowest BCUT2D eigenvalue weighted by atomic mass is 9.98. The lowest BCUT2D eigenvalue weighted by Gasteiger charge is -2.41. The Morgan fingerprint density at radius 2 is 2.21 bits per heavy atom. The molecule has 1 aromatic carbocycles. The van der Waals surface area contributed by atoms with Gasteiger partial charge in [-0.1, -0.05) is 35.8 Å². The van der Waals surface area contributed by atoms with E-state index in [4.69, 9.17) is 0 Å². The van der Waals surface area contributed by atoms with E-state index in [1.807, 2.05) is 6.07 Å². The Morgan fingerprint density at radius 1 is 1.47 bits per heavy atom. The smallest absolute Gasteiger partial charge is 0.124 e. The molecule has 0 amide bonds. The van der Waals surface area contributed by atoms with Gasteiger partial charge in [0.05, 0.1) is 0 Å². The predicted octanol–water partition coefficient (Wildman–Crippen LogP) is 3.41. The van der Waals surface area contributed by atoms with Crippen LogP contribution in [-0.2, 0) is 6.54 Å². The van der Waals surface area contributed by atoms with Crippen molar-refractivity contribution < 1.29 is 4.39 Å². The Morgan fingerprint density at radius 3 is 2.84 bits per heavy atom. The molecule has 1 heterocycles. The van der Waals surface area contributed by atoms with Gasteiger partial charge in [0.1, 0.15) is 5.82 Å². The van der Waals surface area contributed by atoms with Gasteiger partial charge in [-0.25, -0.2) is 4.39 Å². The van der Waals surface area contributed by atoms with E-state index >= 15 is 0 Å². The first kappa shape index (κ1) is 14.9. The van der Waals surface area contributed by atoms with Gasteiger partial charge in [-0.15, -0.1) is 0 Å². The van der Waals surface area contributed by atoms with Crippen molar-refractivity contribution in [3.05, 3.63) is 34.1 Å². The van der Waals surface area contributed by atoms with E-state index in [1.165, 1.54) is 6.07 Å². The van der Waals surface area contributed by atoms with Crippen LogP contribution in [0.5, 0.6) is 0 Å². The number of hydrogen-bond donors (Lipinski definition) is 1. The molecule has 1 aromatic rings. The average Bonchev–Trinajstić information content (AvgIpc) is 2.32. The molecule has 1 aliphatic heterocycles. The van der Waals surface area contributed by atoms with Crippen LogP contribution in [0.1, 0.15) is 26.3 Å². The molecule has 4 heteroatoms. The van der Waals surface area contributed by atoms with E-state index in [2.05, 4.69) is 46.9 Å². The Balaban J connectivity index is 2.14. The molecule has 19 heavy (non-hydrogen) atoms. The lowest BCUT2D eigenvalue weighted by Crippen LogP contribution is -2.56. The summed E-state index contributed by atoms with van der Waals surface area (Å²) < 4.78 is 14.0. The van der Waals surface area contributed by atoms with Gasteiger partial charge in [0.25, 0.3) is 0 Å². The van der Waals surface area contributed by atoms with Gasteiger partial charge < -0.3 is 5.32 Å². The lowest BCUT2D eigenvalue weighted by molar-refractivity contribution is 0.0954. The SMILES string of the molecule is CC1CN(Cc2ccc(F)cc2Br)C(C(C)C)CN1. The van der Waals surface area contributed by atoms with Gasteiger partial charge in [-0.05, 0) is 30.5 Å². The number of benzene rings is 1. The fourth-order valence-electron chi connectivity index (χ4n) is 2.71. The summed E-state index contributed by atoms with van der Waals surface area (Å²) >= 11 is 3.46.